The maximum Gasteiger partial charge on any atom is 0.182 e. The van der Waals surface area contributed by atoms with E-state index < -0.39 is 0 Å². The van der Waals surface area contributed by atoms with Crippen molar-refractivity contribution in [3.63, 3.8) is 0 Å². The molecule has 0 radical (unpaired) electrons. The smallest absolute Gasteiger partial charge is 0.182 e. The highest BCUT2D eigenvalue weighted by atomic mass is 35.5. The summed E-state index contributed by atoms with van der Waals surface area (Å²) in [7, 11) is 0. The molecule has 0 aromatic carbocycles. The molecule has 0 amide bonds. The molecule has 0 aliphatic rings. The van der Waals surface area contributed by atoms with Crippen LogP contribution in [0.2, 0.25) is 10.0 Å². The summed E-state index contributed by atoms with van der Waals surface area (Å²) in [5, 5.41) is 0.763. The fourth-order valence-corrected chi connectivity index (χ4v) is 1.57. The van der Waals surface area contributed by atoms with E-state index in [2.05, 4.69) is 4.98 Å². The third kappa shape index (κ3) is 2.96. The SMILES string of the molecule is CC(C)CC(=O)c1ncc(Cl)cc1Cl. The van der Waals surface area contributed by atoms with Crippen LogP contribution in [0.25, 0.3) is 0 Å². The summed E-state index contributed by atoms with van der Waals surface area (Å²) in [6.07, 6.45) is 1.88. The Hall–Kier alpha value is -0.600. The van der Waals surface area contributed by atoms with Gasteiger partial charge in [-0.2, -0.15) is 0 Å². The van der Waals surface area contributed by atoms with Crippen molar-refractivity contribution in [2.24, 2.45) is 5.92 Å². The van der Waals surface area contributed by atoms with Crippen molar-refractivity contribution < 1.29 is 4.79 Å². The van der Waals surface area contributed by atoms with Gasteiger partial charge in [0.1, 0.15) is 5.69 Å². The van der Waals surface area contributed by atoms with Crippen LogP contribution in [0.5, 0.6) is 0 Å². The minimum atomic E-state index is -0.0401. The molecule has 2 nitrogen and oxygen atoms in total. The van der Waals surface area contributed by atoms with Crippen molar-refractivity contribution in [2.75, 3.05) is 0 Å². The Bertz CT molecular complexity index is 350. The lowest BCUT2D eigenvalue weighted by Crippen LogP contribution is -2.06. The topological polar surface area (TPSA) is 30.0 Å². The first-order valence-electron chi connectivity index (χ1n) is 4.35. The lowest BCUT2D eigenvalue weighted by molar-refractivity contribution is 0.0963. The molecule has 1 rings (SSSR count). The molecule has 1 heterocycles. The zero-order valence-electron chi connectivity index (χ0n) is 8.05. The van der Waals surface area contributed by atoms with E-state index in [0.29, 0.717) is 28.1 Å². The Kier molecular flexibility index (Phi) is 3.90. The van der Waals surface area contributed by atoms with Crippen molar-refractivity contribution >= 4 is 29.0 Å². The van der Waals surface area contributed by atoms with Crippen molar-refractivity contribution in [1.29, 1.82) is 0 Å². The standard InChI is InChI=1S/C10H11Cl2NO/c1-6(2)3-9(14)10-8(12)4-7(11)5-13-10/h4-6H,3H2,1-2H3. The summed E-state index contributed by atoms with van der Waals surface area (Å²) >= 11 is 11.5. The number of halogens is 2. The van der Waals surface area contributed by atoms with Gasteiger partial charge in [-0.25, -0.2) is 0 Å². The van der Waals surface area contributed by atoms with Gasteiger partial charge in [-0.05, 0) is 12.0 Å². The molecule has 0 aliphatic heterocycles. The number of ketones is 1. The molecule has 0 fully saturated rings. The predicted octanol–water partition coefficient (Wildman–Crippen LogP) is 3.62. The Morgan fingerprint density at radius 3 is 2.64 bits per heavy atom. The Morgan fingerprint density at radius 2 is 2.14 bits per heavy atom. The first-order valence-corrected chi connectivity index (χ1v) is 5.10. The number of hydrogen-bond acceptors (Lipinski definition) is 2. The molecular formula is C10H11Cl2NO. The van der Waals surface area contributed by atoms with Crippen molar-refractivity contribution in [3.05, 3.63) is 28.0 Å². The molecule has 0 aliphatic carbocycles. The first-order chi connectivity index (χ1) is 6.50. The lowest BCUT2D eigenvalue weighted by atomic mass is 10.1. The van der Waals surface area contributed by atoms with E-state index in [1.54, 1.807) is 0 Å². The molecule has 0 bridgehead atoms. The second kappa shape index (κ2) is 4.76. The van der Waals surface area contributed by atoms with Gasteiger partial charge < -0.3 is 0 Å². The number of carbonyl (C=O) groups is 1. The van der Waals surface area contributed by atoms with E-state index in [9.17, 15) is 4.79 Å². The van der Waals surface area contributed by atoms with E-state index in [4.69, 9.17) is 23.2 Å². The van der Waals surface area contributed by atoms with E-state index in [0.717, 1.165) is 0 Å². The summed E-state index contributed by atoms with van der Waals surface area (Å²) in [6.45, 7) is 3.95. The fourth-order valence-electron chi connectivity index (χ4n) is 1.09. The second-order valence-corrected chi connectivity index (χ2v) is 4.35. The number of carbonyl (C=O) groups excluding carboxylic acids is 1. The predicted molar refractivity (Wildman–Crippen MR) is 58.0 cm³/mol. The van der Waals surface area contributed by atoms with Crippen LogP contribution in [0.15, 0.2) is 12.3 Å². The van der Waals surface area contributed by atoms with Gasteiger partial charge >= 0.3 is 0 Å². The third-order valence-electron chi connectivity index (χ3n) is 1.67. The van der Waals surface area contributed by atoms with Gasteiger partial charge in [0, 0.05) is 12.6 Å². The van der Waals surface area contributed by atoms with Crippen LogP contribution < -0.4 is 0 Å². The summed E-state index contributed by atoms with van der Waals surface area (Å²) in [6, 6.07) is 1.53. The number of rotatable bonds is 3. The zero-order valence-corrected chi connectivity index (χ0v) is 9.56. The molecule has 1 aromatic rings. The van der Waals surface area contributed by atoms with Gasteiger partial charge in [-0.15, -0.1) is 0 Å². The van der Waals surface area contributed by atoms with Crippen LogP contribution in [0.4, 0.5) is 0 Å². The monoisotopic (exact) mass is 231 g/mol. The number of hydrogen-bond donors (Lipinski definition) is 0. The summed E-state index contributed by atoms with van der Waals surface area (Å²) in [5.74, 6) is 0.262. The summed E-state index contributed by atoms with van der Waals surface area (Å²) in [4.78, 5) is 15.5. The largest absolute Gasteiger partial charge is 0.292 e. The number of nitrogens with zero attached hydrogens (tertiary/aromatic N) is 1. The van der Waals surface area contributed by atoms with E-state index in [-0.39, 0.29) is 5.78 Å². The van der Waals surface area contributed by atoms with Gasteiger partial charge in [0.15, 0.2) is 5.78 Å². The third-order valence-corrected chi connectivity index (χ3v) is 2.16. The minimum absolute atomic E-state index is 0.0401. The molecule has 0 spiro atoms. The highest BCUT2D eigenvalue weighted by Crippen LogP contribution is 2.20. The Labute approximate surface area is 93.2 Å². The van der Waals surface area contributed by atoms with Crippen LogP contribution in [0.3, 0.4) is 0 Å². The molecule has 14 heavy (non-hydrogen) atoms. The van der Waals surface area contributed by atoms with Crippen LogP contribution in [-0.4, -0.2) is 10.8 Å². The number of aromatic nitrogens is 1. The quantitative estimate of drug-likeness (QED) is 0.745. The van der Waals surface area contributed by atoms with Gasteiger partial charge in [-0.3, -0.25) is 9.78 Å². The maximum absolute atomic E-state index is 11.6. The Balaban J connectivity index is 2.90. The summed E-state index contributed by atoms with van der Waals surface area (Å²) < 4.78 is 0. The highest BCUT2D eigenvalue weighted by Gasteiger charge is 2.13. The molecule has 0 saturated heterocycles. The first kappa shape index (κ1) is 11.5. The Morgan fingerprint density at radius 1 is 1.50 bits per heavy atom. The molecule has 0 N–H and O–H groups in total. The van der Waals surface area contributed by atoms with Crippen molar-refractivity contribution in [1.82, 2.24) is 4.98 Å². The molecule has 1 aromatic heterocycles. The van der Waals surface area contributed by atoms with Gasteiger partial charge in [-0.1, -0.05) is 37.0 Å². The molecule has 0 atom stereocenters. The van der Waals surface area contributed by atoms with Crippen LogP contribution in [0, 0.1) is 5.92 Å². The fraction of sp³-hybridized carbons (Fsp3) is 0.400. The molecule has 4 heteroatoms. The molecule has 0 saturated carbocycles. The average molecular weight is 232 g/mol. The van der Waals surface area contributed by atoms with E-state index in [1.807, 2.05) is 13.8 Å². The van der Waals surface area contributed by atoms with E-state index >= 15 is 0 Å². The van der Waals surface area contributed by atoms with Crippen LogP contribution >= 0.6 is 23.2 Å². The number of Topliss-reactive ketones (excluding diaryl/α,β-unsaturated/α-hetero) is 1. The average Bonchev–Trinajstić information content (AvgIpc) is 2.01. The molecule has 0 unspecified atom stereocenters. The molecular weight excluding hydrogens is 221 g/mol. The van der Waals surface area contributed by atoms with Crippen molar-refractivity contribution in [3.8, 4) is 0 Å². The van der Waals surface area contributed by atoms with Gasteiger partial charge in [0.25, 0.3) is 0 Å². The van der Waals surface area contributed by atoms with Gasteiger partial charge in [0.2, 0.25) is 0 Å². The highest BCUT2D eigenvalue weighted by molar-refractivity contribution is 6.36. The molecule has 76 valence electrons. The maximum atomic E-state index is 11.6. The van der Waals surface area contributed by atoms with Crippen LogP contribution in [0.1, 0.15) is 30.8 Å². The lowest BCUT2D eigenvalue weighted by Gasteiger charge is -2.04. The normalized spacial score (nSPS) is 10.6. The van der Waals surface area contributed by atoms with Crippen LogP contribution in [-0.2, 0) is 0 Å². The minimum Gasteiger partial charge on any atom is -0.292 e. The number of pyridine rings is 1. The van der Waals surface area contributed by atoms with Crippen molar-refractivity contribution in [2.45, 2.75) is 20.3 Å². The second-order valence-electron chi connectivity index (χ2n) is 3.51. The van der Waals surface area contributed by atoms with E-state index in [1.165, 1.54) is 12.3 Å². The van der Waals surface area contributed by atoms with Gasteiger partial charge in [0.05, 0.1) is 10.0 Å². The summed E-state index contributed by atoms with van der Waals surface area (Å²) in [5.41, 5.74) is 0.310. The zero-order chi connectivity index (χ0) is 10.7.